The van der Waals surface area contributed by atoms with E-state index in [4.69, 9.17) is 5.11 Å². The first-order valence-electron chi connectivity index (χ1n) is 10.8. The molecule has 0 amide bonds. The summed E-state index contributed by atoms with van der Waals surface area (Å²) in [5.41, 5.74) is 7.56. The van der Waals surface area contributed by atoms with E-state index >= 15 is 0 Å². The normalized spacial score (nSPS) is 31.3. The second-order valence-corrected chi connectivity index (χ2v) is 20.1. The summed E-state index contributed by atoms with van der Waals surface area (Å²) in [7, 11) is -1.38. The second kappa shape index (κ2) is 7.45. The number of allylic oxidation sites excluding steroid dienone is 8. The van der Waals surface area contributed by atoms with E-state index in [1.165, 1.54) is 51.4 Å². The molecular formula is C23H34OSiZr. The van der Waals surface area contributed by atoms with E-state index in [1.54, 1.807) is 6.92 Å². The average Bonchev–Trinajstić information content (AvgIpc) is 3.21. The van der Waals surface area contributed by atoms with Gasteiger partial charge < -0.3 is 5.11 Å². The fourth-order valence-electron chi connectivity index (χ4n) is 6.27. The van der Waals surface area contributed by atoms with Gasteiger partial charge in [0.05, 0.1) is 0 Å². The van der Waals surface area contributed by atoms with Crippen molar-refractivity contribution in [3.05, 3.63) is 44.8 Å². The minimum atomic E-state index is -1.48. The van der Waals surface area contributed by atoms with Crippen LogP contribution in [0.3, 0.4) is 0 Å². The Bertz CT molecular complexity index is 666. The van der Waals surface area contributed by atoms with Crippen LogP contribution in [0, 0.1) is 0 Å². The average molecular weight is 446 g/mol. The van der Waals surface area contributed by atoms with Gasteiger partial charge in [0.25, 0.3) is 0 Å². The first-order valence-corrected chi connectivity index (χ1v) is 19.1. The van der Waals surface area contributed by atoms with Gasteiger partial charge in [-0.1, -0.05) is 6.92 Å². The van der Waals surface area contributed by atoms with E-state index in [0.717, 1.165) is 7.25 Å². The van der Waals surface area contributed by atoms with E-state index in [1.807, 2.05) is 32.7 Å². The monoisotopic (exact) mass is 444 g/mol. The van der Waals surface area contributed by atoms with Gasteiger partial charge in [0.15, 0.2) is 0 Å². The number of rotatable bonds is 0. The quantitative estimate of drug-likeness (QED) is 0.418. The SMILES string of the molecule is CC[O-].[CH3][Zr+]1[CH]2C(=CC3=C2CCCC3)[Si](C)(C)C2=CC3=C(CCCC3)[CH]21. The topological polar surface area (TPSA) is 23.1 Å². The van der Waals surface area contributed by atoms with Gasteiger partial charge in [-0.25, -0.2) is 0 Å². The molecule has 3 heteroatoms. The first kappa shape index (κ1) is 19.3. The van der Waals surface area contributed by atoms with Crippen molar-refractivity contribution in [2.24, 2.45) is 0 Å². The Morgan fingerprint density at radius 3 is 1.69 bits per heavy atom. The van der Waals surface area contributed by atoms with Crippen molar-refractivity contribution in [1.82, 2.24) is 0 Å². The third-order valence-corrected chi connectivity index (χ3v) is 20.3. The molecule has 0 N–H and O–H groups in total. The van der Waals surface area contributed by atoms with Crippen LogP contribution in [-0.2, 0) is 21.8 Å². The molecule has 1 heterocycles. The van der Waals surface area contributed by atoms with E-state index in [9.17, 15) is 0 Å². The molecule has 1 nitrogen and oxygen atoms in total. The van der Waals surface area contributed by atoms with Crippen LogP contribution in [0.5, 0.6) is 0 Å². The molecule has 2 atom stereocenters. The third kappa shape index (κ3) is 2.92. The van der Waals surface area contributed by atoms with E-state index in [-0.39, 0.29) is 6.61 Å². The molecular weight excluding hydrogens is 412 g/mol. The molecule has 0 aromatic heterocycles. The molecule has 0 bridgehead atoms. The minimum absolute atomic E-state index is 0. The summed E-state index contributed by atoms with van der Waals surface area (Å²) < 4.78 is 4.83. The van der Waals surface area contributed by atoms with Crippen LogP contribution in [0.1, 0.15) is 58.3 Å². The Kier molecular flexibility index (Phi) is 5.54. The van der Waals surface area contributed by atoms with Gasteiger partial charge in [-0.3, -0.25) is 0 Å². The van der Waals surface area contributed by atoms with Crippen LogP contribution >= 0.6 is 0 Å². The molecule has 0 aromatic carbocycles. The van der Waals surface area contributed by atoms with Crippen molar-refractivity contribution in [2.45, 2.75) is 83.3 Å². The summed E-state index contributed by atoms with van der Waals surface area (Å²) >= 11 is -1.48. The van der Waals surface area contributed by atoms with Gasteiger partial charge in [0.1, 0.15) is 0 Å². The Morgan fingerprint density at radius 2 is 1.27 bits per heavy atom. The molecule has 140 valence electrons. The van der Waals surface area contributed by atoms with Gasteiger partial charge in [0, 0.05) is 0 Å². The predicted octanol–water partition coefficient (Wildman–Crippen LogP) is 6.02. The van der Waals surface area contributed by atoms with Crippen molar-refractivity contribution >= 4 is 8.07 Å². The van der Waals surface area contributed by atoms with Gasteiger partial charge in [-0.2, -0.15) is 0 Å². The first-order chi connectivity index (χ1) is 12.5. The summed E-state index contributed by atoms with van der Waals surface area (Å²) in [4.78, 5) is 0. The maximum atomic E-state index is 8.93. The zero-order chi connectivity index (χ0) is 18.5. The summed E-state index contributed by atoms with van der Waals surface area (Å²) in [5, 5.41) is 12.9. The molecule has 0 spiro atoms. The summed E-state index contributed by atoms with van der Waals surface area (Å²) in [6, 6.07) is 0. The fourth-order valence-corrected chi connectivity index (χ4v) is 25.4. The molecule has 5 aliphatic rings. The predicted molar refractivity (Wildman–Crippen MR) is 109 cm³/mol. The Balaban J connectivity index is 0.000000527. The molecule has 0 aromatic rings. The number of hydrogen-bond donors (Lipinski definition) is 0. The molecule has 1 saturated heterocycles. The molecule has 26 heavy (non-hydrogen) atoms. The van der Waals surface area contributed by atoms with Crippen LogP contribution in [0.25, 0.3) is 0 Å². The van der Waals surface area contributed by atoms with Crippen LogP contribution in [-0.4, -0.2) is 14.7 Å². The summed E-state index contributed by atoms with van der Waals surface area (Å²) in [5.74, 6) is 0. The van der Waals surface area contributed by atoms with Gasteiger partial charge >= 0.3 is 151 Å². The van der Waals surface area contributed by atoms with Crippen LogP contribution in [0.15, 0.2) is 44.8 Å². The van der Waals surface area contributed by atoms with Crippen LogP contribution in [0.2, 0.25) is 25.0 Å². The Hall–Kier alpha value is 0.0200. The fraction of sp³-hybridized carbons (Fsp3) is 0.652. The number of hydrogen-bond acceptors (Lipinski definition) is 1. The van der Waals surface area contributed by atoms with Crippen LogP contribution < -0.4 is 5.11 Å². The Labute approximate surface area is 169 Å². The van der Waals surface area contributed by atoms with E-state index in [0.29, 0.717) is 0 Å². The van der Waals surface area contributed by atoms with Gasteiger partial charge in [-0.05, 0) is 0 Å². The maximum absolute atomic E-state index is 8.93. The molecule has 1 fully saturated rings. The van der Waals surface area contributed by atoms with Crippen LogP contribution in [0.4, 0.5) is 0 Å². The molecule has 4 aliphatic carbocycles. The van der Waals surface area contributed by atoms with Crippen molar-refractivity contribution in [3.63, 3.8) is 0 Å². The standard InChI is InChI=1S/C20H26Si.C2H5O.CH3.Zr/c1-21(2,19-11-15-7-3-4-8-16(15)12-19)20-13-17-9-5-6-10-18(17)14-20;1-2-3;;/h11-14H,3-10H2,1-2H3;2H2,1H3;1H3;/q;-1;;+1. The zero-order valence-corrected chi connectivity index (χ0v) is 20.5. The van der Waals surface area contributed by atoms with Crippen molar-refractivity contribution in [3.8, 4) is 0 Å². The molecule has 5 rings (SSSR count). The molecule has 0 saturated carbocycles. The summed E-state index contributed by atoms with van der Waals surface area (Å²) in [6.07, 6.45) is 17.0. The number of fused-ring (bicyclic) bond motifs is 4. The third-order valence-electron chi connectivity index (χ3n) is 7.44. The second-order valence-electron chi connectivity index (χ2n) is 9.24. The van der Waals surface area contributed by atoms with Crippen molar-refractivity contribution in [1.29, 1.82) is 0 Å². The van der Waals surface area contributed by atoms with Gasteiger partial charge in [0.2, 0.25) is 0 Å². The van der Waals surface area contributed by atoms with E-state index in [2.05, 4.69) is 29.9 Å². The van der Waals surface area contributed by atoms with Crippen molar-refractivity contribution < 1.29 is 26.9 Å². The Morgan fingerprint density at radius 1 is 0.885 bits per heavy atom. The van der Waals surface area contributed by atoms with E-state index < -0.39 is 29.8 Å². The molecule has 1 aliphatic heterocycles. The van der Waals surface area contributed by atoms with Gasteiger partial charge in [-0.15, -0.1) is 6.61 Å². The molecule has 0 radical (unpaired) electrons. The van der Waals surface area contributed by atoms with Crippen molar-refractivity contribution in [2.75, 3.05) is 6.61 Å². The molecule has 2 unspecified atom stereocenters. The summed E-state index contributed by atoms with van der Waals surface area (Å²) in [6.45, 7) is 6.95. The zero-order valence-electron chi connectivity index (χ0n) is 17.1.